The molecule has 3 N–H and O–H groups in total. The van der Waals surface area contributed by atoms with Crippen molar-refractivity contribution in [2.45, 2.75) is 38.3 Å². The minimum Gasteiger partial charge on any atom is -0.330 e. The van der Waals surface area contributed by atoms with Gasteiger partial charge in [-0.25, -0.2) is 0 Å². The van der Waals surface area contributed by atoms with Gasteiger partial charge in [-0.2, -0.15) is 13.2 Å². The van der Waals surface area contributed by atoms with E-state index in [2.05, 4.69) is 5.32 Å². The van der Waals surface area contributed by atoms with E-state index in [1.807, 2.05) is 0 Å². The van der Waals surface area contributed by atoms with Gasteiger partial charge in [0.05, 0.1) is 5.92 Å². The molecule has 5 heteroatoms. The second-order valence-electron chi connectivity index (χ2n) is 4.54. The van der Waals surface area contributed by atoms with Crippen LogP contribution in [-0.4, -0.2) is 25.8 Å². The van der Waals surface area contributed by atoms with E-state index in [1.54, 1.807) is 0 Å². The van der Waals surface area contributed by atoms with E-state index in [1.165, 1.54) is 0 Å². The third kappa shape index (κ3) is 4.29. The first kappa shape index (κ1) is 13.8. The molecular weight excluding hydrogens is 217 g/mol. The van der Waals surface area contributed by atoms with Crippen molar-refractivity contribution in [2.75, 3.05) is 19.6 Å². The van der Waals surface area contributed by atoms with Gasteiger partial charge in [-0.3, -0.25) is 0 Å². The zero-order chi connectivity index (χ0) is 12.0. The summed E-state index contributed by atoms with van der Waals surface area (Å²) in [4.78, 5) is 0. The van der Waals surface area contributed by atoms with Gasteiger partial charge in [0.15, 0.2) is 0 Å². The van der Waals surface area contributed by atoms with E-state index < -0.39 is 12.1 Å². The molecule has 0 aliphatic heterocycles. The van der Waals surface area contributed by atoms with E-state index in [-0.39, 0.29) is 5.92 Å². The highest BCUT2D eigenvalue weighted by atomic mass is 19.4. The third-order valence-electron chi connectivity index (χ3n) is 3.29. The second-order valence-corrected chi connectivity index (χ2v) is 4.54. The van der Waals surface area contributed by atoms with Crippen molar-refractivity contribution in [3.63, 3.8) is 0 Å². The van der Waals surface area contributed by atoms with Crippen LogP contribution in [0.15, 0.2) is 0 Å². The lowest BCUT2D eigenvalue weighted by Gasteiger charge is -2.33. The van der Waals surface area contributed by atoms with Crippen molar-refractivity contribution >= 4 is 0 Å². The lowest BCUT2D eigenvalue weighted by atomic mass is 9.78. The second kappa shape index (κ2) is 6.45. The molecule has 0 amide bonds. The number of hydrogen-bond donors (Lipinski definition) is 2. The topological polar surface area (TPSA) is 38.0 Å². The van der Waals surface area contributed by atoms with Gasteiger partial charge in [-0.1, -0.05) is 12.8 Å². The van der Waals surface area contributed by atoms with Crippen LogP contribution >= 0.6 is 0 Å². The first-order valence-corrected chi connectivity index (χ1v) is 6.03. The minimum absolute atomic E-state index is 0.244. The summed E-state index contributed by atoms with van der Waals surface area (Å²) in [6, 6.07) is 0. The lowest BCUT2D eigenvalue weighted by Crippen LogP contribution is -2.38. The summed E-state index contributed by atoms with van der Waals surface area (Å²) in [5.41, 5.74) is 5.32. The van der Waals surface area contributed by atoms with E-state index in [9.17, 15) is 13.2 Å². The van der Waals surface area contributed by atoms with Crippen LogP contribution in [0, 0.1) is 11.8 Å². The minimum atomic E-state index is -4.03. The quantitative estimate of drug-likeness (QED) is 0.721. The molecule has 0 aromatic heterocycles. The summed E-state index contributed by atoms with van der Waals surface area (Å²) in [5, 5.41) is 3.08. The van der Waals surface area contributed by atoms with Gasteiger partial charge in [-0.05, 0) is 44.8 Å². The van der Waals surface area contributed by atoms with Gasteiger partial charge < -0.3 is 11.1 Å². The maximum absolute atomic E-state index is 12.7. The summed E-state index contributed by atoms with van der Waals surface area (Å²) >= 11 is 0. The lowest BCUT2D eigenvalue weighted by molar-refractivity contribution is -0.195. The summed E-state index contributed by atoms with van der Waals surface area (Å²) in [6.07, 6.45) is -0.574. The zero-order valence-electron chi connectivity index (χ0n) is 9.52. The number of rotatable bonds is 5. The summed E-state index contributed by atoms with van der Waals surface area (Å²) < 4.78 is 38.2. The maximum Gasteiger partial charge on any atom is 0.392 e. The maximum atomic E-state index is 12.7. The van der Waals surface area contributed by atoms with Crippen LogP contribution in [0.1, 0.15) is 32.1 Å². The molecule has 0 saturated heterocycles. The third-order valence-corrected chi connectivity index (χ3v) is 3.29. The largest absolute Gasteiger partial charge is 0.392 e. The molecule has 1 aliphatic rings. The molecule has 0 radical (unpaired) electrons. The number of hydrogen-bond acceptors (Lipinski definition) is 2. The van der Waals surface area contributed by atoms with Gasteiger partial charge in [0.1, 0.15) is 0 Å². The first-order chi connectivity index (χ1) is 7.55. The standard InChI is InChI=1S/C11H21F3N2/c12-11(13,14)10-5-2-1-4-9(10)8-16-7-3-6-15/h9-10,16H,1-8,15H2. The predicted octanol–water partition coefficient (Wildman–Crippen LogP) is 2.29. The van der Waals surface area contributed by atoms with Gasteiger partial charge >= 0.3 is 6.18 Å². The van der Waals surface area contributed by atoms with E-state index in [0.717, 1.165) is 19.4 Å². The molecule has 16 heavy (non-hydrogen) atoms. The molecule has 0 aromatic rings. The average molecular weight is 238 g/mol. The predicted molar refractivity (Wildman–Crippen MR) is 58.0 cm³/mol. The smallest absolute Gasteiger partial charge is 0.330 e. The Kier molecular flexibility index (Phi) is 5.55. The average Bonchev–Trinajstić information content (AvgIpc) is 2.24. The molecule has 1 fully saturated rings. The Morgan fingerprint density at radius 1 is 1.19 bits per heavy atom. The molecule has 1 aliphatic carbocycles. The number of nitrogens with one attached hydrogen (secondary N) is 1. The van der Waals surface area contributed by atoms with Gasteiger partial charge in [0, 0.05) is 0 Å². The van der Waals surface area contributed by atoms with Crippen LogP contribution in [0.25, 0.3) is 0 Å². The van der Waals surface area contributed by atoms with E-state index in [4.69, 9.17) is 5.73 Å². The van der Waals surface area contributed by atoms with Crippen molar-refractivity contribution < 1.29 is 13.2 Å². The Balaban J connectivity index is 2.35. The SMILES string of the molecule is NCCCNCC1CCCCC1C(F)(F)F. The van der Waals surface area contributed by atoms with Crippen LogP contribution in [-0.2, 0) is 0 Å². The molecule has 0 heterocycles. The molecule has 2 nitrogen and oxygen atoms in total. The van der Waals surface area contributed by atoms with Crippen molar-refractivity contribution in [2.24, 2.45) is 17.6 Å². The Hall–Kier alpha value is -0.290. The summed E-state index contributed by atoms with van der Waals surface area (Å²) in [5.74, 6) is -1.35. The molecular formula is C11H21F3N2. The first-order valence-electron chi connectivity index (χ1n) is 6.03. The van der Waals surface area contributed by atoms with Crippen LogP contribution in [0.4, 0.5) is 13.2 Å². The van der Waals surface area contributed by atoms with Crippen LogP contribution in [0.2, 0.25) is 0 Å². The molecule has 96 valence electrons. The van der Waals surface area contributed by atoms with Gasteiger partial charge in [0.25, 0.3) is 0 Å². The molecule has 1 rings (SSSR count). The molecule has 0 aromatic carbocycles. The fraction of sp³-hybridized carbons (Fsp3) is 1.00. The van der Waals surface area contributed by atoms with E-state index >= 15 is 0 Å². The highest BCUT2D eigenvalue weighted by molar-refractivity contribution is 4.81. The Morgan fingerprint density at radius 2 is 1.88 bits per heavy atom. The van der Waals surface area contributed by atoms with E-state index in [0.29, 0.717) is 32.4 Å². The Morgan fingerprint density at radius 3 is 2.50 bits per heavy atom. The van der Waals surface area contributed by atoms with Crippen molar-refractivity contribution in [3.05, 3.63) is 0 Å². The number of alkyl halides is 3. The number of halogens is 3. The van der Waals surface area contributed by atoms with Crippen molar-refractivity contribution in [1.29, 1.82) is 0 Å². The van der Waals surface area contributed by atoms with Crippen molar-refractivity contribution in [1.82, 2.24) is 5.32 Å². The van der Waals surface area contributed by atoms with Gasteiger partial charge in [-0.15, -0.1) is 0 Å². The fourth-order valence-corrected chi connectivity index (χ4v) is 2.40. The molecule has 2 unspecified atom stereocenters. The molecule has 2 atom stereocenters. The van der Waals surface area contributed by atoms with Crippen LogP contribution in [0.5, 0.6) is 0 Å². The Bertz CT molecular complexity index is 194. The van der Waals surface area contributed by atoms with Gasteiger partial charge in [0.2, 0.25) is 0 Å². The normalized spacial score (nSPS) is 27.0. The molecule has 0 bridgehead atoms. The number of nitrogens with two attached hydrogens (primary N) is 1. The fourth-order valence-electron chi connectivity index (χ4n) is 2.40. The Labute approximate surface area is 94.8 Å². The zero-order valence-corrected chi connectivity index (χ0v) is 9.52. The molecule has 1 saturated carbocycles. The monoisotopic (exact) mass is 238 g/mol. The molecule has 0 spiro atoms. The van der Waals surface area contributed by atoms with Crippen LogP contribution < -0.4 is 11.1 Å². The van der Waals surface area contributed by atoms with Crippen LogP contribution in [0.3, 0.4) is 0 Å². The summed E-state index contributed by atoms with van der Waals surface area (Å²) in [6.45, 7) is 1.78. The van der Waals surface area contributed by atoms with Crippen molar-refractivity contribution in [3.8, 4) is 0 Å². The highest BCUT2D eigenvalue weighted by Crippen LogP contribution is 2.41. The summed E-state index contributed by atoms with van der Waals surface area (Å²) in [7, 11) is 0. The highest BCUT2D eigenvalue weighted by Gasteiger charge is 2.44.